The predicted molar refractivity (Wildman–Crippen MR) is 93.2 cm³/mol. The lowest BCUT2D eigenvalue weighted by Gasteiger charge is -2.30. The first-order valence-electron chi connectivity index (χ1n) is 9.05. The van der Waals surface area contributed by atoms with Gasteiger partial charge in [-0.15, -0.1) is 0 Å². The average molecular weight is 330 g/mol. The fraction of sp³-hybridized carbons (Fsp3) is 0.579. The Morgan fingerprint density at radius 2 is 1.88 bits per heavy atom. The quantitative estimate of drug-likeness (QED) is 0.594. The van der Waals surface area contributed by atoms with E-state index in [0.717, 1.165) is 38.8 Å². The summed E-state index contributed by atoms with van der Waals surface area (Å²) >= 11 is 0. The van der Waals surface area contributed by atoms with Crippen molar-refractivity contribution in [3.63, 3.8) is 0 Å². The van der Waals surface area contributed by atoms with Crippen molar-refractivity contribution in [3.8, 4) is 5.75 Å². The Morgan fingerprint density at radius 1 is 1.12 bits per heavy atom. The van der Waals surface area contributed by atoms with Crippen LogP contribution < -0.4 is 9.64 Å². The van der Waals surface area contributed by atoms with Crippen LogP contribution in [0.5, 0.6) is 5.75 Å². The number of likely N-dealkylation sites (tertiary alicyclic amines) is 1. The molecule has 1 aromatic carbocycles. The summed E-state index contributed by atoms with van der Waals surface area (Å²) < 4.78 is 5.81. The molecule has 0 spiro atoms. The summed E-state index contributed by atoms with van der Waals surface area (Å²) in [7, 11) is 0. The van der Waals surface area contributed by atoms with Gasteiger partial charge in [-0.3, -0.25) is 14.5 Å². The highest BCUT2D eigenvalue weighted by atomic mass is 16.5. The number of rotatable bonds is 6. The van der Waals surface area contributed by atoms with E-state index in [2.05, 4.69) is 11.8 Å². The van der Waals surface area contributed by atoms with Gasteiger partial charge in [0.2, 0.25) is 5.91 Å². The number of benzene rings is 1. The van der Waals surface area contributed by atoms with E-state index in [9.17, 15) is 9.59 Å². The molecule has 0 saturated carbocycles. The molecule has 2 heterocycles. The molecule has 2 saturated heterocycles. The third kappa shape index (κ3) is 3.46. The van der Waals surface area contributed by atoms with Gasteiger partial charge in [0.05, 0.1) is 24.8 Å². The number of carbonyl (C=O) groups is 2. The molecule has 5 heteroatoms. The third-order valence-electron chi connectivity index (χ3n) is 4.82. The van der Waals surface area contributed by atoms with Crippen molar-refractivity contribution >= 4 is 17.5 Å². The summed E-state index contributed by atoms with van der Waals surface area (Å²) in [6.07, 6.45) is 5.70. The fourth-order valence-electron chi connectivity index (χ4n) is 3.47. The first kappa shape index (κ1) is 17.0. The van der Waals surface area contributed by atoms with E-state index in [-0.39, 0.29) is 24.3 Å². The first-order chi connectivity index (χ1) is 11.7. The molecule has 0 aliphatic carbocycles. The molecular weight excluding hydrogens is 304 g/mol. The van der Waals surface area contributed by atoms with Crippen molar-refractivity contribution in [1.82, 2.24) is 4.90 Å². The number of anilines is 1. The zero-order valence-electron chi connectivity index (χ0n) is 14.4. The molecule has 1 atom stereocenters. The Bertz CT molecular complexity index is 596. The highest BCUT2D eigenvalue weighted by molar-refractivity contribution is 6.23. The molecule has 2 aliphatic rings. The van der Waals surface area contributed by atoms with Crippen LogP contribution in [0.1, 0.15) is 45.4 Å². The molecular formula is C19H26N2O3. The van der Waals surface area contributed by atoms with Crippen LogP contribution in [-0.2, 0) is 9.59 Å². The summed E-state index contributed by atoms with van der Waals surface area (Å²) in [6.45, 7) is 4.52. The van der Waals surface area contributed by atoms with Crippen LogP contribution in [0.3, 0.4) is 0 Å². The van der Waals surface area contributed by atoms with Crippen LogP contribution in [-0.4, -0.2) is 42.5 Å². The van der Waals surface area contributed by atoms with Crippen LogP contribution in [0.2, 0.25) is 0 Å². The van der Waals surface area contributed by atoms with Gasteiger partial charge in [-0.25, -0.2) is 4.90 Å². The maximum atomic E-state index is 12.9. The molecule has 0 aromatic heterocycles. The van der Waals surface area contributed by atoms with Crippen molar-refractivity contribution in [3.05, 3.63) is 24.3 Å². The highest BCUT2D eigenvalue weighted by Gasteiger charge is 2.43. The molecule has 1 unspecified atom stereocenters. The molecule has 2 fully saturated rings. The first-order valence-corrected chi connectivity index (χ1v) is 9.05. The van der Waals surface area contributed by atoms with Gasteiger partial charge in [0.1, 0.15) is 5.75 Å². The van der Waals surface area contributed by atoms with Gasteiger partial charge in [-0.2, -0.15) is 0 Å². The minimum atomic E-state index is -0.304. The molecule has 130 valence electrons. The number of hydrogen-bond acceptors (Lipinski definition) is 4. The number of ether oxygens (including phenoxy) is 1. The van der Waals surface area contributed by atoms with Crippen molar-refractivity contribution in [2.45, 2.75) is 51.5 Å². The zero-order chi connectivity index (χ0) is 16.9. The lowest BCUT2D eigenvalue weighted by atomic mass is 10.1. The van der Waals surface area contributed by atoms with Crippen molar-refractivity contribution in [1.29, 1.82) is 0 Å². The van der Waals surface area contributed by atoms with E-state index in [1.807, 2.05) is 18.2 Å². The lowest BCUT2D eigenvalue weighted by molar-refractivity contribution is -0.123. The topological polar surface area (TPSA) is 49.9 Å². The smallest absolute Gasteiger partial charge is 0.251 e. The maximum Gasteiger partial charge on any atom is 0.251 e. The Morgan fingerprint density at radius 3 is 2.62 bits per heavy atom. The Hall–Kier alpha value is -1.88. The predicted octanol–water partition coefficient (Wildman–Crippen LogP) is 2.98. The normalized spacial score (nSPS) is 22.2. The number of para-hydroxylation sites is 2. The average Bonchev–Trinajstić information content (AvgIpc) is 2.91. The van der Waals surface area contributed by atoms with Gasteiger partial charge in [-0.05, 0) is 44.5 Å². The summed E-state index contributed by atoms with van der Waals surface area (Å²) in [5, 5.41) is 0. The second kappa shape index (κ2) is 7.79. The van der Waals surface area contributed by atoms with E-state index >= 15 is 0 Å². The zero-order valence-corrected chi connectivity index (χ0v) is 14.4. The lowest BCUT2D eigenvalue weighted by Crippen LogP contribution is -2.44. The Balaban J connectivity index is 1.79. The number of imide groups is 1. The van der Waals surface area contributed by atoms with E-state index in [1.165, 1.54) is 11.3 Å². The molecule has 5 nitrogen and oxygen atoms in total. The summed E-state index contributed by atoms with van der Waals surface area (Å²) in [5.74, 6) is 0.391. The van der Waals surface area contributed by atoms with Crippen molar-refractivity contribution in [2.24, 2.45) is 0 Å². The fourth-order valence-corrected chi connectivity index (χ4v) is 3.47. The van der Waals surface area contributed by atoms with Crippen LogP contribution in [0.15, 0.2) is 24.3 Å². The number of amides is 2. The molecule has 24 heavy (non-hydrogen) atoms. The summed E-state index contributed by atoms with van der Waals surface area (Å²) in [6, 6.07) is 7.05. The second-order valence-corrected chi connectivity index (χ2v) is 6.55. The standard InChI is InChI=1S/C19H26N2O3/c1-2-3-13-24-17-10-6-5-9-15(17)21-18(22)14-16(19(21)23)20-11-7-4-8-12-20/h5-6,9-10,16H,2-4,7-8,11-14H2,1H3. The monoisotopic (exact) mass is 330 g/mol. The number of nitrogens with zero attached hydrogens (tertiary/aromatic N) is 2. The SMILES string of the molecule is CCCCOc1ccccc1N1C(=O)CC(N2CCCCC2)C1=O. The largest absolute Gasteiger partial charge is 0.491 e. The number of hydrogen-bond donors (Lipinski definition) is 0. The van der Waals surface area contributed by atoms with Crippen LogP contribution in [0, 0.1) is 0 Å². The van der Waals surface area contributed by atoms with Gasteiger partial charge in [-0.1, -0.05) is 31.9 Å². The molecule has 0 N–H and O–H groups in total. The van der Waals surface area contributed by atoms with Gasteiger partial charge in [0, 0.05) is 0 Å². The van der Waals surface area contributed by atoms with Gasteiger partial charge in [0.25, 0.3) is 5.91 Å². The number of unbranched alkanes of at least 4 members (excludes halogenated alkanes) is 1. The van der Waals surface area contributed by atoms with Gasteiger partial charge < -0.3 is 4.74 Å². The van der Waals surface area contributed by atoms with E-state index in [4.69, 9.17) is 4.74 Å². The third-order valence-corrected chi connectivity index (χ3v) is 4.82. The number of piperidine rings is 1. The van der Waals surface area contributed by atoms with Crippen molar-refractivity contribution < 1.29 is 14.3 Å². The molecule has 1 aromatic rings. The van der Waals surface area contributed by atoms with E-state index < -0.39 is 0 Å². The molecule has 3 rings (SSSR count). The minimum Gasteiger partial charge on any atom is -0.491 e. The highest BCUT2D eigenvalue weighted by Crippen LogP contribution is 2.34. The van der Waals surface area contributed by atoms with Crippen LogP contribution >= 0.6 is 0 Å². The minimum absolute atomic E-state index is 0.103. The Labute approximate surface area is 143 Å². The maximum absolute atomic E-state index is 12.9. The second-order valence-electron chi connectivity index (χ2n) is 6.55. The number of carbonyl (C=O) groups excluding carboxylic acids is 2. The van der Waals surface area contributed by atoms with Gasteiger partial charge in [0.15, 0.2) is 0 Å². The van der Waals surface area contributed by atoms with E-state index in [1.54, 1.807) is 6.07 Å². The molecule has 2 aliphatic heterocycles. The summed E-state index contributed by atoms with van der Waals surface area (Å²) in [4.78, 5) is 29.0. The molecule has 2 amide bonds. The van der Waals surface area contributed by atoms with Crippen molar-refractivity contribution in [2.75, 3.05) is 24.6 Å². The molecule has 0 radical (unpaired) electrons. The van der Waals surface area contributed by atoms with Gasteiger partial charge >= 0.3 is 0 Å². The van der Waals surface area contributed by atoms with Crippen LogP contribution in [0.25, 0.3) is 0 Å². The van der Waals surface area contributed by atoms with E-state index in [0.29, 0.717) is 18.0 Å². The van der Waals surface area contributed by atoms with Crippen LogP contribution in [0.4, 0.5) is 5.69 Å². The molecule has 0 bridgehead atoms. The Kier molecular flexibility index (Phi) is 5.51. The summed E-state index contributed by atoms with van der Waals surface area (Å²) in [5.41, 5.74) is 0.586.